The first-order chi connectivity index (χ1) is 19.6. The highest BCUT2D eigenvalue weighted by Gasteiger charge is 2.51. The van der Waals surface area contributed by atoms with Crippen molar-refractivity contribution in [2.45, 2.75) is 37.9 Å². The van der Waals surface area contributed by atoms with E-state index in [2.05, 4.69) is 5.32 Å². The number of urea groups is 1. The predicted octanol–water partition coefficient (Wildman–Crippen LogP) is 3.89. The molecule has 0 aliphatic carbocycles. The molecule has 41 heavy (non-hydrogen) atoms. The summed E-state index contributed by atoms with van der Waals surface area (Å²) in [5, 5.41) is 5.79. The molecule has 214 valence electrons. The van der Waals surface area contributed by atoms with Gasteiger partial charge in [-0.3, -0.25) is 14.6 Å². The summed E-state index contributed by atoms with van der Waals surface area (Å²) < 4.78 is 40.1. The van der Waals surface area contributed by atoms with E-state index in [1.807, 2.05) is 60.7 Å². The van der Waals surface area contributed by atoms with Crippen molar-refractivity contribution in [1.29, 1.82) is 0 Å². The van der Waals surface area contributed by atoms with Crippen LogP contribution in [0.25, 0.3) is 0 Å². The first-order valence-electron chi connectivity index (χ1n) is 13.2. The summed E-state index contributed by atoms with van der Waals surface area (Å²) in [6, 6.07) is 22.2. The number of fused-ring (bicyclic) bond motifs is 1. The van der Waals surface area contributed by atoms with E-state index in [9.17, 15) is 27.6 Å². The Labute approximate surface area is 235 Å². The molecule has 0 radical (unpaired) electrons. The number of piperazine rings is 1. The Bertz CT molecular complexity index is 1400. The number of carbonyl (C=O) groups is 3. The SMILES string of the molecule is CN(C(=O)NCc1ccccc1)N1CC(=O)N2[C@@H](Cc3ccccc3)C(=O)N(Cc3cccc(C(F)(F)F)c3)C[C@@H]21. The molecule has 2 saturated heterocycles. The van der Waals surface area contributed by atoms with Crippen LogP contribution in [0.3, 0.4) is 0 Å². The number of hydrazine groups is 1. The lowest BCUT2D eigenvalue weighted by Crippen LogP contribution is -2.65. The lowest BCUT2D eigenvalue weighted by atomic mass is 10.00. The molecule has 0 bridgehead atoms. The maximum atomic E-state index is 13.8. The van der Waals surface area contributed by atoms with Crippen LogP contribution in [0.1, 0.15) is 22.3 Å². The molecular weight excluding hydrogens is 535 g/mol. The highest BCUT2D eigenvalue weighted by molar-refractivity contribution is 5.91. The van der Waals surface area contributed by atoms with E-state index in [0.717, 1.165) is 23.3 Å². The van der Waals surface area contributed by atoms with Crippen LogP contribution in [0.4, 0.5) is 18.0 Å². The van der Waals surface area contributed by atoms with E-state index in [1.165, 1.54) is 20.9 Å². The molecule has 1 N–H and O–H groups in total. The number of hydrogen-bond donors (Lipinski definition) is 1. The second-order valence-corrected chi connectivity index (χ2v) is 10.2. The summed E-state index contributed by atoms with van der Waals surface area (Å²) >= 11 is 0. The first kappa shape index (κ1) is 28.2. The van der Waals surface area contributed by atoms with E-state index >= 15 is 0 Å². The zero-order chi connectivity index (χ0) is 29.1. The minimum absolute atomic E-state index is 0.0302. The molecule has 0 unspecified atom stereocenters. The molecule has 4 amide bonds. The number of nitrogens with one attached hydrogen (secondary N) is 1. The Morgan fingerprint density at radius 2 is 1.56 bits per heavy atom. The Morgan fingerprint density at radius 1 is 0.927 bits per heavy atom. The summed E-state index contributed by atoms with van der Waals surface area (Å²) in [5.74, 6) is -0.653. The van der Waals surface area contributed by atoms with Gasteiger partial charge in [-0.25, -0.2) is 4.79 Å². The molecular formula is C30H30F3N5O3. The Hall–Kier alpha value is -4.38. The maximum absolute atomic E-state index is 13.8. The monoisotopic (exact) mass is 565 g/mol. The number of benzene rings is 3. The molecule has 0 aromatic heterocycles. The van der Waals surface area contributed by atoms with Gasteiger partial charge in [0.15, 0.2) is 0 Å². The predicted molar refractivity (Wildman–Crippen MR) is 145 cm³/mol. The number of hydrogen-bond acceptors (Lipinski definition) is 4. The summed E-state index contributed by atoms with van der Waals surface area (Å²) in [6.07, 6.45) is -4.95. The molecule has 2 heterocycles. The van der Waals surface area contributed by atoms with E-state index in [0.29, 0.717) is 5.56 Å². The Morgan fingerprint density at radius 3 is 2.22 bits per heavy atom. The molecule has 0 saturated carbocycles. The summed E-state index contributed by atoms with van der Waals surface area (Å²) in [4.78, 5) is 43.2. The van der Waals surface area contributed by atoms with Crippen LogP contribution in [-0.4, -0.2) is 70.0 Å². The quantitative estimate of drug-likeness (QED) is 0.472. The first-order valence-corrected chi connectivity index (χ1v) is 13.2. The topological polar surface area (TPSA) is 76.2 Å². The van der Waals surface area contributed by atoms with Crippen molar-refractivity contribution in [2.24, 2.45) is 0 Å². The van der Waals surface area contributed by atoms with Crippen LogP contribution in [0, 0.1) is 0 Å². The molecule has 0 spiro atoms. The molecule has 2 aliphatic heterocycles. The second kappa shape index (κ2) is 11.6. The lowest BCUT2D eigenvalue weighted by Gasteiger charge is -2.45. The van der Waals surface area contributed by atoms with Gasteiger partial charge in [-0.2, -0.15) is 18.2 Å². The molecule has 11 heteroatoms. The number of nitrogens with zero attached hydrogens (tertiary/aromatic N) is 4. The molecule has 2 fully saturated rings. The maximum Gasteiger partial charge on any atom is 0.416 e. The third-order valence-electron chi connectivity index (χ3n) is 7.43. The van der Waals surface area contributed by atoms with Crippen molar-refractivity contribution in [3.8, 4) is 0 Å². The molecule has 8 nitrogen and oxygen atoms in total. The number of rotatable bonds is 7. The van der Waals surface area contributed by atoms with Crippen molar-refractivity contribution in [1.82, 2.24) is 25.1 Å². The fourth-order valence-corrected chi connectivity index (χ4v) is 5.36. The zero-order valence-corrected chi connectivity index (χ0v) is 22.4. The van der Waals surface area contributed by atoms with Gasteiger partial charge in [0.25, 0.3) is 0 Å². The van der Waals surface area contributed by atoms with Gasteiger partial charge in [-0.15, -0.1) is 0 Å². The molecule has 3 aromatic rings. The van der Waals surface area contributed by atoms with E-state index in [-0.39, 0.29) is 44.4 Å². The van der Waals surface area contributed by atoms with Crippen LogP contribution >= 0.6 is 0 Å². The van der Waals surface area contributed by atoms with Crippen LogP contribution in [-0.2, 0) is 35.3 Å². The fourth-order valence-electron chi connectivity index (χ4n) is 5.36. The van der Waals surface area contributed by atoms with Crippen molar-refractivity contribution in [2.75, 3.05) is 20.1 Å². The smallest absolute Gasteiger partial charge is 0.333 e. The van der Waals surface area contributed by atoms with Gasteiger partial charge in [0.05, 0.1) is 18.7 Å². The average molecular weight is 566 g/mol. The van der Waals surface area contributed by atoms with Crippen molar-refractivity contribution < 1.29 is 27.6 Å². The average Bonchev–Trinajstić information content (AvgIpc) is 3.29. The Balaban J connectivity index is 1.40. The zero-order valence-electron chi connectivity index (χ0n) is 22.4. The molecule has 2 aliphatic rings. The third-order valence-corrected chi connectivity index (χ3v) is 7.43. The number of alkyl halides is 3. The van der Waals surface area contributed by atoms with Crippen LogP contribution in [0.5, 0.6) is 0 Å². The van der Waals surface area contributed by atoms with Crippen molar-refractivity contribution in [3.05, 3.63) is 107 Å². The van der Waals surface area contributed by atoms with Crippen LogP contribution in [0.2, 0.25) is 0 Å². The third kappa shape index (κ3) is 6.19. The molecule has 2 atom stereocenters. The molecule has 3 aromatic carbocycles. The minimum Gasteiger partial charge on any atom is -0.333 e. The largest absolute Gasteiger partial charge is 0.416 e. The van der Waals surface area contributed by atoms with E-state index in [4.69, 9.17) is 0 Å². The van der Waals surface area contributed by atoms with E-state index in [1.54, 1.807) is 18.1 Å². The second-order valence-electron chi connectivity index (χ2n) is 10.2. The van der Waals surface area contributed by atoms with Gasteiger partial charge in [0.1, 0.15) is 12.2 Å². The normalized spacial score (nSPS) is 19.3. The number of carbonyl (C=O) groups excluding carboxylic acids is 3. The van der Waals surface area contributed by atoms with Crippen molar-refractivity contribution >= 4 is 17.8 Å². The number of amides is 4. The van der Waals surface area contributed by atoms with Gasteiger partial charge in [0.2, 0.25) is 11.8 Å². The Kier molecular flexibility index (Phi) is 7.98. The summed E-state index contributed by atoms with van der Waals surface area (Å²) in [6.45, 7) is 0.138. The molecule has 5 rings (SSSR count). The minimum atomic E-state index is -4.51. The van der Waals surface area contributed by atoms with Gasteiger partial charge in [-0.1, -0.05) is 72.8 Å². The van der Waals surface area contributed by atoms with Crippen molar-refractivity contribution in [3.63, 3.8) is 0 Å². The fraction of sp³-hybridized carbons (Fsp3) is 0.300. The highest BCUT2D eigenvalue weighted by Crippen LogP contribution is 2.32. The van der Waals surface area contributed by atoms with Crippen LogP contribution in [0.15, 0.2) is 84.9 Å². The summed E-state index contributed by atoms with van der Waals surface area (Å²) in [7, 11) is 1.55. The lowest BCUT2D eigenvalue weighted by molar-refractivity contribution is -0.157. The van der Waals surface area contributed by atoms with E-state index < -0.39 is 30.0 Å². The number of halogens is 3. The summed E-state index contributed by atoms with van der Waals surface area (Å²) in [5.41, 5.74) is 1.27. The van der Waals surface area contributed by atoms with Gasteiger partial charge >= 0.3 is 12.2 Å². The van der Waals surface area contributed by atoms with Gasteiger partial charge in [-0.05, 0) is 28.8 Å². The van der Waals surface area contributed by atoms with Gasteiger partial charge in [0, 0.05) is 26.6 Å². The van der Waals surface area contributed by atoms with Gasteiger partial charge < -0.3 is 15.1 Å². The highest BCUT2D eigenvalue weighted by atomic mass is 19.4. The van der Waals surface area contributed by atoms with Crippen LogP contribution < -0.4 is 5.32 Å². The standard InChI is InChI=1S/C30H30F3N5O3/c1-35(29(41)34-17-22-11-6-3-7-12-22)37-20-27(39)38-25(16-21-9-4-2-5-10-21)28(40)36(19-26(37)38)18-23-13-8-14-24(15-23)30(31,32)33/h2-15,25-26H,16-20H2,1H3,(H,34,41)/t25-,26+/m0/s1.